The Kier molecular flexibility index (Phi) is 6.14. The third-order valence-corrected chi connectivity index (χ3v) is 4.13. The van der Waals surface area contributed by atoms with E-state index >= 15 is 0 Å². The van der Waals surface area contributed by atoms with Crippen molar-refractivity contribution in [3.63, 3.8) is 0 Å². The Morgan fingerprint density at radius 1 is 1.07 bits per heavy atom. The van der Waals surface area contributed by atoms with Gasteiger partial charge in [0.15, 0.2) is 0 Å². The number of alkyl halides is 3. The van der Waals surface area contributed by atoms with Crippen molar-refractivity contribution in [2.45, 2.75) is 19.0 Å². The van der Waals surface area contributed by atoms with Gasteiger partial charge >= 0.3 is 6.18 Å². The average molecular weight is 418 g/mol. The molecule has 156 valence electrons. The number of benzene rings is 2. The highest BCUT2D eigenvalue weighted by Crippen LogP contribution is 2.31. The molecule has 0 spiro atoms. The van der Waals surface area contributed by atoms with Crippen molar-refractivity contribution in [2.24, 2.45) is 0 Å². The standard InChI is InChI=1S/C20H17F3N4O3/c1-24-18(29)12-5-7-15(8-6-12)25-16(28)9-10-17-26-27-19(30-17)13-3-2-4-14(11-13)20(21,22)23/h2-8,11H,9-10H2,1H3,(H,24,29)(H,25,28). The zero-order valence-corrected chi connectivity index (χ0v) is 15.8. The molecule has 3 rings (SSSR count). The molecular weight excluding hydrogens is 401 g/mol. The van der Waals surface area contributed by atoms with Gasteiger partial charge in [-0.3, -0.25) is 9.59 Å². The van der Waals surface area contributed by atoms with Gasteiger partial charge in [-0.1, -0.05) is 6.07 Å². The van der Waals surface area contributed by atoms with Crippen molar-refractivity contribution in [1.82, 2.24) is 15.5 Å². The molecule has 0 aliphatic carbocycles. The summed E-state index contributed by atoms with van der Waals surface area (Å²) in [5.41, 5.74) is 0.303. The molecule has 0 radical (unpaired) electrons. The fraction of sp³-hybridized carbons (Fsp3) is 0.200. The monoisotopic (exact) mass is 418 g/mol. The number of nitrogens with zero attached hydrogens (tertiary/aromatic N) is 2. The maximum Gasteiger partial charge on any atom is 0.416 e. The first-order valence-corrected chi connectivity index (χ1v) is 8.88. The summed E-state index contributed by atoms with van der Waals surface area (Å²) in [6.07, 6.45) is -4.33. The summed E-state index contributed by atoms with van der Waals surface area (Å²) in [4.78, 5) is 23.6. The second kappa shape index (κ2) is 8.76. The molecule has 0 fully saturated rings. The van der Waals surface area contributed by atoms with Crippen LogP contribution in [0.1, 0.15) is 28.2 Å². The van der Waals surface area contributed by atoms with Crippen molar-refractivity contribution in [2.75, 3.05) is 12.4 Å². The topological polar surface area (TPSA) is 97.1 Å². The lowest BCUT2D eigenvalue weighted by molar-refractivity contribution is -0.137. The van der Waals surface area contributed by atoms with E-state index in [1.807, 2.05) is 0 Å². The Balaban J connectivity index is 1.58. The Morgan fingerprint density at radius 2 is 1.80 bits per heavy atom. The van der Waals surface area contributed by atoms with Gasteiger partial charge in [-0.15, -0.1) is 10.2 Å². The number of rotatable bonds is 6. The predicted octanol–water partition coefficient (Wildman–Crippen LogP) is 3.69. The molecule has 0 atom stereocenters. The molecule has 1 heterocycles. The Bertz CT molecular complexity index is 1050. The third-order valence-electron chi connectivity index (χ3n) is 4.13. The minimum Gasteiger partial charge on any atom is -0.421 e. The molecule has 0 aliphatic heterocycles. The van der Waals surface area contributed by atoms with Gasteiger partial charge in [-0.25, -0.2) is 0 Å². The molecule has 1 aromatic heterocycles. The highest BCUT2D eigenvalue weighted by Gasteiger charge is 2.30. The summed E-state index contributed by atoms with van der Waals surface area (Å²) in [5.74, 6) is -0.476. The number of anilines is 1. The Hall–Kier alpha value is -3.69. The maximum absolute atomic E-state index is 12.8. The van der Waals surface area contributed by atoms with E-state index in [9.17, 15) is 22.8 Å². The molecule has 0 saturated carbocycles. The molecule has 3 aromatic rings. The van der Waals surface area contributed by atoms with Crippen LogP contribution in [-0.4, -0.2) is 29.1 Å². The summed E-state index contributed by atoms with van der Waals surface area (Å²) in [6.45, 7) is 0. The lowest BCUT2D eigenvalue weighted by Gasteiger charge is -2.06. The van der Waals surface area contributed by atoms with Gasteiger partial charge in [0.1, 0.15) is 0 Å². The summed E-state index contributed by atoms with van der Waals surface area (Å²) >= 11 is 0. The van der Waals surface area contributed by atoms with Crippen molar-refractivity contribution in [3.8, 4) is 11.5 Å². The van der Waals surface area contributed by atoms with Crippen LogP contribution in [0.2, 0.25) is 0 Å². The van der Waals surface area contributed by atoms with Crippen LogP contribution < -0.4 is 10.6 Å². The second-order valence-corrected chi connectivity index (χ2v) is 6.28. The number of carbonyl (C=O) groups is 2. The number of aryl methyl sites for hydroxylation is 1. The number of carbonyl (C=O) groups excluding carboxylic acids is 2. The number of hydrogen-bond donors (Lipinski definition) is 2. The highest BCUT2D eigenvalue weighted by atomic mass is 19.4. The van der Waals surface area contributed by atoms with Crippen LogP contribution in [0, 0.1) is 0 Å². The molecule has 2 amide bonds. The first-order valence-electron chi connectivity index (χ1n) is 8.88. The van der Waals surface area contributed by atoms with Crippen LogP contribution in [0.25, 0.3) is 11.5 Å². The average Bonchev–Trinajstić information content (AvgIpc) is 3.21. The Labute approximate surface area is 169 Å². The van der Waals surface area contributed by atoms with Crippen molar-refractivity contribution in [1.29, 1.82) is 0 Å². The van der Waals surface area contributed by atoms with E-state index in [2.05, 4.69) is 20.8 Å². The molecule has 7 nitrogen and oxygen atoms in total. The van der Waals surface area contributed by atoms with Crippen LogP contribution in [0.4, 0.5) is 18.9 Å². The van der Waals surface area contributed by atoms with E-state index < -0.39 is 11.7 Å². The molecule has 0 bridgehead atoms. The van der Waals surface area contributed by atoms with Crippen LogP contribution in [-0.2, 0) is 17.4 Å². The first-order chi connectivity index (χ1) is 14.3. The largest absolute Gasteiger partial charge is 0.421 e. The molecule has 10 heteroatoms. The summed E-state index contributed by atoms with van der Waals surface area (Å²) < 4.78 is 43.9. The summed E-state index contributed by atoms with van der Waals surface area (Å²) in [6, 6.07) is 10.9. The zero-order valence-electron chi connectivity index (χ0n) is 15.8. The van der Waals surface area contributed by atoms with E-state index in [0.717, 1.165) is 12.1 Å². The van der Waals surface area contributed by atoms with Gasteiger partial charge in [-0.05, 0) is 42.5 Å². The van der Waals surface area contributed by atoms with Gasteiger partial charge in [0, 0.05) is 36.7 Å². The maximum atomic E-state index is 12.8. The highest BCUT2D eigenvalue weighted by molar-refractivity contribution is 5.95. The molecule has 2 N–H and O–H groups in total. The van der Waals surface area contributed by atoms with Crippen LogP contribution in [0.15, 0.2) is 52.9 Å². The quantitative estimate of drug-likeness (QED) is 0.637. The van der Waals surface area contributed by atoms with Crippen molar-refractivity contribution in [3.05, 3.63) is 65.5 Å². The smallest absolute Gasteiger partial charge is 0.416 e. The zero-order chi connectivity index (χ0) is 21.7. The van der Waals surface area contributed by atoms with Gasteiger partial charge in [-0.2, -0.15) is 13.2 Å². The molecule has 0 saturated heterocycles. The number of nitrogens with one attached hydrogen (secondary N) is 2. The lowest BCUT2D eigenvalue weighted by atomic mass is 10.1. The third kappa shape index (κ3) is 5.22. The van der Waals surface area contributed by atoms with E-state index in [-0.39, 0.29) is 42.0 Å². The fourth-order valence-corrected chi connectivity index (χ4v) is 2.59. The number of hydrogen-bond acceptors (Lipinski definition) is 5. The Morgan fingerprint density at radius 3 is 2.47 bits per heavy atom. The number of aromatic nitrogens is 2. The minimum absolute atomic E-state index is 0.0292. The normalized spacial score (nSPS) is 11.2. The van der Waals surface area contributed by atoms with E-state index in [4.69, 9.17) is 4.42 Å². The molecule has 0 unspecified atom stereocenters. The second-order valence-electron chi connectivity index (χ2n) is 6.28. The summed E-state index contributed by atoms with van der Waals surface area (Å²) in [7, 11) is 1.52. The molecular formula is C20H17F3N4O3. The molecule has 0 aliphatic rings. The molecule has 30 heavy (non-hydrogen) atoms. The minimum atomic E-state index is -4.48. The van der Waals surface area contributed by atoms with Crippen LogP contribution >= 0.6 is 0 Å². The van der Waals surface area contributed by atoms with Crippen molar-refractivity contribution >= 4 is 17.5 Å². The molecule has 2 aromatic carbocycles. The number of halogens is 3. The van der Waals surface area contributed by atoms with E-state index in [1.165, 1.54) is 19.2 Å². The van der Waals surface area contributed by atoms with E-state index in [0.29, 0.717) is 11.3 Å². The number of amides is 2. The van der Waals surface area contributed by atoms with Gasteiger partial charge in [0.05, 0.1) is 5.56 Å². The van der Waals surface area contributed by atoms with Gasteiger partial charge in [0.2, 0.25) is 17.7 Å². The van der Waals surface area contributed by atoms with Crippen LogP contribution in [0.3, 0.4) is 0 Å². The lowest BCUT2D eigenvalue weighted by Crippen LogP contribution is -2.18. The van der Waals surface area contributed by atoms with E-state index in [1.54, 1.807) is 24.3 Å². The van der Waals surface area contributed by atoms with Gasteiger partial charge < -0.3 is 15.1 Å². The van der Waals surface area contributed by atoms with Crippen LogP contribution in [0.5, 0.6) is 0 Å². The van der Waals surface area contributed by atoms with Gasteiger partial charge in [0.25, 0.3) is 5.91 Å². The SMILES string of the molecule is CNC(=O)c1ccc(NC(=O)CCc2nnc(-c3cccc(C(F)(F)F)c3)o2)cc1. The first kappa shape index (κ1) is 21.0. The predicted molar refractivity (Wildman–Crippen MR) is 102 cm³/mol. The summed E-state index contributed by atoms with van der Waals surface area (Å²) in [5, 5.41) is 12.7. The fourth-order valence-electron chi connectivity index (χ4n) is 2.59. The van der Waals surface area contributed by atoms with Crippen molar-refractivity contribution < 1.29 is 27.2 Å².